The second kappa shape index (κ2) is 6.11. The number of nitrogens with zero attached hydrogens (tertiary/aromatic N) is 3. The van der Waals surface area contributed by atoms with Crippen molar-refractivity contribution in [2.24, 2.45) is 17.3 Å². The third-order valence-electron chi connectivity index (χ3n) is 4.80. The van der Waals surface area contributed by atoms with E-state index < -0.39 is 23.1 Å². The van der Waals surface area contributed by atoms with Crippen molar-refractivity contribution < 1.29 is 4.39 Å². The molecule has 1 saturated carbocycles. The summed E-state index contributed by atoms with van der Waals surface area (Å²) in [5.41, 5.74) is -1.06. The summed E-state index contributed by atoms with van der Waals surface area (Å²) in [6.07, 6.45) is 1.90. The zero-order valence-corrected chi connectivity index (χ0v) is 13.5. The highest BCUT2D eigenvalue weighted by molar-refractivity contribution is 7.99. The van der Waals surface area contributed by atoms with Crippen molar-refractivity contribution in [2.45, 2.75) is 5.92 Å². The third kappa shape index (κ3) is 2.13. The van der Waals surface area contributed by atoms with E-state index in [9.17, 15) is 20.2 Å². The normalized spacial score (nSPS) is 27.8. The van der Waals surface area contributed by atoms with E-state index in [-0.39, 0.29) is 17.2 Å². The Kier molecular flexibility index (Phi) is 4.14. The molecule has 0 radical (unpaired) electrons. The fourth-order valence-corrected chi connectivity index (χ4v) is 4.77. The minimum atomic E-state index is -1.83. The molecular weight excluding hydrogens is 323 g/mol. The molecule has 1 aliphatic heterocycles. The molecule has 0 spiro atoms. The number of nitriles is 3. The van der Waals surface area contributed by atoms with E-state index in [4.69, 9.17) is 5.41 Å². The number of fused-ring (bicyclic) bond motifs is 1. The van der Waals surface area contributed by atoms with Gasteiger partial charge in [-0.05, 0) is 17.2 Å². The third-order valence-corrected chi connectivity index (χ3v) is 5.80. The van der Waals surface area contributed by atoms with Crippen molar-refractivity contribution in [1.29, 1.82) is 21.2 Å². The van der Waals surface area contributed by atoms with Crippen molar-refractivity contribution in [3.05, 3.63) is 47.3 Å². The molecule has 118 valence electrons. The van der Waals surface area contributed by atoms with Gasteiger partial charge in [0.2, 0.25) is 0 Å². The second-order valence-electron chi connectivity index (χ2n) is 5.85. The van der Waals surface area contributed by atoms with Gasteiger partial charge in [-0.15, -0.1) is 0 Å². The first-order valence-corrected chi connectivity index (χ1v) is 8.59. The average molecular weight is 336 g/mol. The first-order valence-electron chi connectivity index (χ1n) is 7.44. The van der Waals surface area contributed by atoms with Crippen LogP contribution in [0.1, 0.15) is 11.5 Å². The van der Waals surface area contributed by atoms with Gasteiger partial charge in [-0.25, -0.2) is 4.39 Å². The molecule has 2 aliphatic rings. The fraction of sp³-hybridized carbons (Fsp3) is 0.333. The van der Waals surface area contributed by atoms with Crippen molar-refractivity contribution in [1.82, 2.24) is 0 Å². The summed E-state index contributed by atoms with van der Waals surface area (Å²) in [6.45, 7) is 0. The minimum Gasteiger partial charge on any atom is -0.305 e. The number of hydrogen-bond donors (Lipinski definition) is 1. The first kappa shape index (κ1) is 16.2. The van der Waals surface area contributed by atoms with Crippen molar-refractivity contribution in [2.75, 3.05) is 11.5 Å². The number of thioether (sulfide) groups is 1. The summed E-state index contributed by atoms with van der Waals surface area (Å²) in [5.74, 6) is -1.16. The van der Waals surface area contributed by atoms with Gasteiger partial charge in [0.1, 0.15) is 11.7 Å². The van der Waals surface area contributed by atoms with Crippen LogP contribution in [0.15, 0.2) is 35.9 Å². The maximum atomic E-state index is 14.5. The number of halogens is 1. The highest BCUT2D eigenvalue weighted by Crippen LogP contribution is 2.54. The molecule has 6 heteroatoms. The van der Waals surface area contributed by atoms with E-state index in [1.54, 1.807) is 30.0 Å². The average Bonchev–Trinajstić information content (AvgIpc) is 2.62. The molecule has 0 unspecified atom stereocenters. The Bertz CT molecular complexity index is 841. The Morgan fingerprint density at radius 3 is 2.54 bits per heavy atom. The Morgan fingerprint density at radius 2 is 1.92 bits per heavy atom. The predicted octanol–water partition coefficient (Wildman–Crippen LogP) is 3.41. The van der Waals surface area contributed by atoms with Crippen LogP contribution >= 0.6 is 11.8 Å². The van der Waals surface area contributed by atoms with Crippen LogP contribution in [0, 0.1) is 62.5 Å². The maximum absolute atomic E-state index is 14.5. The van der Waals surface area contributed by atoms with Crippen LogP contribution in [0.3, 0.4) is 0 Å². The highest BCUT2D eigenvalue weighted by atomic mass is 32.2. The molecule has 1 aliphatic carbocycles. The Labute approximate surface area is 143 Å². The van der Waals surface area contributed by atoms with Crippen molar-refractivity contribution >= 4 is 17.5 Å². The van der Waals surface area contributed by atoms with Crippen molar-refractivity contribution in [3.63, 3.8) is 0 Å². The Morgan fingerprint density at radius 1 is 1.21 bits per heavy atom. The number of rotatable bonds is 1. The van der Waals surface area contributed by atoms with Crippen LogP contribution < -0.4 is 0 Å². The molecule has 4 nitrogen and oxygen atoms in total. The van der Waals surface area contributed by atoms with Gasteiger partial charge >= 0.3 is 0 Å². The first-order chi connectivity index (χ1) is 11.6. The molecular formula is C18H13FN4S. The van der Waals surface area contributed by atoms with Gasteiger partial charge in [0.15, 0.2) is 5.41 Å². The van der Waals surface area contributed by atoms with E-state index in [1.807, 2.05) is 18.2 Å². The quantitative estimate of drug-likeness (QED) is 0.795. The number of hydrogen-bond acceptors (Lipinski definition) is 5. The predicted molar refractivity (Wildman–Crippen MR) is 88.5 cm³/mol. The largest absolute Gasteiger partial charge is 0.305 e. The van der Waals surface area contributed by atoms with Crippen LogP contribution in [0.4, 0.5) is 4.39 Å². The van der Waals surface area contributed by atoms with Gasteiger partial charge < -0.3 is 5.41 Å². The van der Waals surface area contributed by atoms with Crippen LogP contribution in [0.5, 0.6) is 0 Å². The van der Waals surface area contributed by atoms with Crippen molar-refractivity contribution in [3.8, 4) is 18.2 Å². The highest BCUT2D eigenvalue weighted by Gasteiger charge is 2.57. The molecule has 1 fully saturated rings. The topological polar surface area (TPSA) is 95.2 Å². The van der Waals surface area contributed by atoms with Gasteiger partial charge in [0.05, 0.1) is 23.9 Å². The SMILES string of the molecule is N#C[C@@H]1C(=N)C(C#N)(C#N)[C@@H](c2ccccc2F)[C@@H]2CSCC=C12. The number of nitrogens with one attached hydrogen (secondary N) is 1. The molecule has 3 rings (SSSR count). The van der Waals surface area contributed by atoms with E-state index in [2.05, 4.69) is 6.07 Å². The molecule has 3 atom stereocenters. The smallest absolute Gasteiger partial charge is 0.189 e. The zero-order valence-electron chi connectivity index (χ0n) is 12.7. The second-order valence-corrected chi connectivity index (χ2v) is 6.93. The standard InChI is InChI=1S/C18H13FN4S/c19-15-4-2-1-3-12(15)16-14-8-24-6-5-11(14)13(7-20)17(23)18(16,9-21)10-22/h1-5,13-14,16,23H,6,8H2/t13-,14+,16-/m0/s1. The molecule has 1 aromatic carbocycles. The number of allylic oxidation sites excluding steroid dienone is 1. The molecule has 1 aromatic rings. The summed E-state index contributed by atoms with van der Waals surface area (Å²) < 4.78 is 14.5. The fourth-order valence-electron chi connectivity index (χ4n) is 3.68. The van der Waals surface area contributed by atoms with E-state index in [0.717, 1.165) is 5.57 Å². The summed E-state index contributed by atoms with van der Waals surface area (Å²) in [4.78, 5) is 0. The lowest BCUT2D eigenvalue weighted by Crippen LogP contribution is -2.49. The van der Waals surface area contributed by atoms with Crippen LogP contribution in [-0.2, 0) is 0 Å². The van der Waals surface area contributed by atoms with Gasteiger partial charge in [0.25, 0.3) is 0 Å². The van der Waals surface area contributed by atoms with Gasteiger partial charge in [0, 0.05) is 23.3 Å². The summed E-state index contributed by atoms with van der Waals surface area (Å²) in [5, 5.41) is 37.4. The molecule has 1 heterocycles. The molecule has 0 saturated heterocycles. The van der Waals surface area contributed by atoms with Gasteiger partial charge in [-0.2, -0.15) is 27.5 Å². The van der Waals surface area contributed by atoms with Gasteiger partial charge in [-0.3, -0.25) is 0 Å². The van der Waals surface area contributed by atoms with E-state index in [1.165, 1.54) is 6.07 Å². The lowest BCUT2D eigenvalue weighted by atomic mass is 9.55. The van der Waals surface area contributed by atoms with Crippen LogP contribution in [-0.4, -0.2) is 17.2 Å². The lowest BCUT2D eigenvalue weighted by Gasteiger charge is -2.45. The van der Waals surface area contributed by atoms with Gasteiger partial charge in [-0.1, -0.05) is 24.3 Å². The Balaban J connectivity index is 2.29. The molecule has 0 aromatic heterocycles. The lowest BCUT2D eigenvalue weighted by molar-refractivity contribution is 0.367. The molecule has 0 bridgehead atoms. The maximum Gasteiger partial charge on any atom is 0.189 e. The zero-order chi connectivity index (χ0) is 17.3. The molecule has 24 heavy (non-hydrogen) atoms. The minimum absolute atomic E-state index is 0.238. The monoisotopic (exact) mass is 336 g/mol. The number of benzene rings is 1. The summed E-state index contributed by atoms with van der Waals surface area (Å²) in [7, 11) is 0. The van der Waals surface area contributed by atoms with Crippen LogP contribution in [0.25, 0.3) is 0 Å². The summed E-state index contributed by atoms with van der Waals surface area (Å²) >= 11 is 1.62. The van der Waals surface area contributed by atoms with E-state index in [0.29, 0.717) is 11.5 Å². The molecule has 1 N–H and O–H groups in total. The van der Waals surface area contributed by atoms with Crippen LogP contribution in [0.2, 0.25) is 0 Å². The summed E-state index contributed by atoms with van der Waals surface area (Å²) in [6, 6.07) is 12.1. The molecule has 0 amide bonds. The van der Waals surface area contributed by atoms with E-state index >= 15 is 0 Å². The Hall–Kier alpha value is -2.62.